The van der Waals surface area contributed by atoms with Gasteiger partial charge in [-0.05, 0) is 27.6 Å². The first kappa shape index (κ1) is 15.5. The summed E-state index contributed by atoms with van der Waals surface area (Å²) in [6.45, 7) is 2.38. The van der Waals surface area contributed by atoms with Gasteiger partial charge in [-0.15, -0.1) is 0 Å². The molecule has 0 radical (unpaired) electrons. The van der Waals surface area contributed by atoms with Crippen LogP contribution in [0.1, 0.15) is 24.9 Å². The molecule has 4 nitrogen and oxygen atoms in total. The number of nitrogens with one attached hydrogen (secondary N) is 2. The molecule has 0 aliphatic carbocycles. The molecule has 2 rings (SSSR count). The van der Waals surface area contributed by atoms with E-state index in [0.29, 0.717) is 13.0 Å². The van der Waals surface area contributed by atoms with Gasteiger partial charge < -0.3 is 10.6 Å². The molecule has 2 aromatic rings. The third-order valence-corrected chi connectivity index (χ3v) is 3.51. The van der Waals surface area contributed by atoms with Crippen LogP contribution >= 0.6 is 15.9 Å². The molecule has 5 heteroatoms. The normalized spacial score (nSPS) is 11.7. The Kier molecular flexibility index (Phi) is 5.75. The van der Waals surface area contributed by atoms with E-state index in [1.807, 2.05) is 43.3 Å². The molecule has 1 aromatic heterocycles. The van der Waals surface area contributed by atoms with E-state index in [1.165, 1.54) is 0 Å². The van der Waals surface area contributed by atoms with Crippen molar-refractivity contribution < 1.29 is 4.79 Å². The number of amides is 1. The van der Waals surface area contributed by atoms with E-state index in [2.05, 4.69) is 31.5 Å². The number of carbonyl (C=O) groups is 1. The van der Waals surface area contributed by atoms with Crippen LogP contribution in [0.4, 0.5) is 5.69 Å². The molecule has 1 aromatic carbocycles. The molecule has 0 saturated carbocycles. The molecule has 0 spiro atoms. The molecule has 0 fully saturated rings. The quantitative estimate of drug-likeness (QED) is 0.840. The Morgan fingerprint density at radius 1 is 1.29 bits per heavy atom. The number of anilines is 1. The number of carbonyl (C=O) groups excluding carboxylic acids is 1. The lowest BCUT2D eigenvalue weighted by Gasteiger charge is -2.21. The number of hydrogen-bond acceptors (Lipinski definition) is 3. The zero-order chi connectivity index (χ0) is 15.1. The summed E-state index contributed by atoms with van der Waals surface area (Å²) in [6, 6.07) is 12.0. The number of hydrogen-bond donors (Lipinski definition) is 2. The lowest BCUT2D eigenvalue weighted by Crippen LogP contribution is -2.31. The highest BCUT2D eigenvalue weighted by Gasteiger charge is 2.12. The fourth-order valence-corrected chi connectivity index (χ4v) is 2.34. The minimum Gasteiger partial charge on any atom is -0.375 e. The van der Waals surface area contributed by atoms with Crippen LogP contribution in [0.25, 0.3) is 0 Å². The van der Waals surface area contributed by atoms with E-state index in [4.69, 9.17) is 0 Å². The minimum absolute atomic E-state index is 0.00204. The summed E-state index contributed by atoms with van der Waals surface area (Å²) in [5.74, 6) is 0.0464. The molecule has 0 aliphatic rings. The van der Waals surface area contributed by atoms with Crippen LogP contribution in [0.2, 0.25) is 0 Å². The number of nitrogens with zero attached hydrogens (tertiary/aromatic N) is 1. The number of halogens is 1. The summed E-state index contributed by atoms with van der Waals surface area (Å²) >= 11 is 3.41. The van der Waals surface area contributed by atoms with Crippen molar-refractivity contribution in [3.8, 4) is 0 Å². The highest BCUT2D eigenvalue weighted by molar-refractivity contribution is 9.10. The lowest BCUT2D eigenvalue weighted by molar-refractivity contribution is -0.120. The summed E-state index contributed by atoms with van der Waals surface area (Å²) in [6.07, 6.45) is 3.99. The Labute approximate surface area is 133 Å². The first-order valence-electron chi connectivity index (χ1n) is 6.87. The topological polar surface area (TPSA) is 54.0 Å². The van der Waals surface area contributed by atoms with Gasteiger partial charge in [-0.3, -0.25) is 9.78 Å². The third-order valence-electron chi connectivity index (χ3n) is 3.07. The van der Waals surface area contributed by atoms with Gasteiger partial charge in [-0.25, -0.2) is 0 Å². The summed E-state index contributed by atoms with van der Waals surface area (Å²) in [5, 5.41) is 6.34. The number of aromatic nitrogens is 1. The molecule has 2 N–H and O–H groups in total. The van der Waals surface area contributed by atoms with Crippen molar-refractivity contribution in [2.24, 2.45) is 0 Å². The van der Waals surface area contributed by atoms with E-state index < -0.39 is 0 Å². The Morgan fingerprint density at radius 2 is 2.05 bits per heavy atom. The number of benzene rings is 1. The maximum absolute atomic E-state index is 11.5. The zero-order valence-electron chi connectivity index (χ0n) is 11.8. The monoisotopic (exact) mass is 347 g/mol. The molecule has 0 bridgehead atoms. The maximum Gasteiger partial charge on any atom is 0.219 e. The molecule has 110 valence electrons. The largest absolute Gasteiger partial charge is 0.375 e. The molecular formula is C16H18BrN3O. The zero-order valence-corrected chi connectivity index (χ0v) is 13.4. The molecule has 0 unspecified atom stereocenters. The fraction of sp³-hybridized carbons (Fsp3) is 0.250. The van der Waals surface area contributed by atoms with Crippen LogP contribution < -0.4 is 10.6 Å². The van der Waals surface area contributed by atoms with Crippen molar-refractivity contribution in [1.29, 1.82) is 0 Å². The average molecular weight is 348 g/mol. The highest BCUT2D eigenvalue weighted by atomic mass is 79.9. The Balaban J connectivity index is 2.13. The van der Waals surface area contributed by atoms with Crippen LogP contribution in [0.3, 0.4) is 0 Å². The highest BCUT2D eigenvalue weighted by Crippen LogP contribution is 2.21. The van der Waals surface area contributed by atoms with Crippen LogP contribution in [-0.2, 0) is 4.79 Å². The lowest BCUT2D eigenvalue weighted by atomic mass is 10.1. The van der Waals surface area contributed by atoms with Gasteiger partial charge in [-0.2, -0.15) is 0 Å². The van der Waals surface area contributed by atoms with E-state index in [1.54, 1.807) is 12.4 Å². The summed E-state index contributed by atoms with van der Waals surface area (Å²) < 4.78 is 0.914. The number of rotatable bonds is 6. The SMILES string of the molecule is CCC(=O)NC[C@H](Nc1cncc(Br)c1)c1ccccc1. The Hall–Kier alpha value is -1.88. The van der Waals surface area contributed by atoms with Gasteiger partial charge in [0.25, 0.3) is 0 Å². The molecular weight excluding hydrogens is 330 g/mol. The predicted molar refractivity (Wildman–Crippen MR) is 88.0 cm³/mol. The molecule has 21 heavy (non-hydrogen) atoms. The summed E-state index contributed by atoms with van der Waals surface area (Å²) in [4.78, 5) is 15.6. The third kappa shape index (κ3) is 4.86. The van der Waals surface area contributed by atoms with Crippen molar-refractivity contribution in [1.82, 2.24) is 10.3 Å². The molecule has 1 amide bonds. The molecule has 1 atom stereocenters. The fourth-order valence-electron chi connectivity index (χ4n) is 1.97. The predicted octanol–water partition coefficient (Wildman–Crippen LogP) is 3.52. The standard InChI is InChI=1S/C16H18BrN3O/c1-2-16(21)19-11-15(12-6-4-3-5-7-12)20-14-8-13(17)9-18-10-14/h3-10,15,20H,2,11H2,1H3,(H,19,21)/t15-/m0/s1. The van der Waals surface area contributed by atoms with E-state index >= 15 is 0 Å². The van der Waals surface area contributed by atoms with Gasteiger partial charge in [-0.1, -0.05) is 37.3 Å². The van der Waals surface area contributed by atoms with Gasteiger partial charge in [0.05, 0.1) is 17.9 Å². The molecule has 0 saturated heterocycles. The van der Waals surface area contributed by atoms with Gasteiger partial charge in [0, 0.05) is 23.6 Å². The van der Waals surface area contributed by atoms with Crippen LogP contribution in [0, 0.1) is 0 Å². The van der Waals surface area contributed by atoms with Gasteiger partial charge in [0.2, 0.25) is 5.91 Å². The minimum atomic E-state index is -0.00204. The Morgan fingerprint density at radius 3 is 2.71 bits per heavy atom. The summed E-state index contributed by atoms with van der Waals surface area (Å²) in [7, 11) is 0. The Bertz CT molecular complexity index is 589. The molecule has 1 heterocycles. The maximum atomic E-state index is 11.5. The van der Waals surface area contributed by atoms with Gasteiger partial charge in [0.1, 0.15) is 0 Å². The van der Waals surface area contributed by atoms with Gasteiger partial charge in [0.15, 0.2) is 0 Å². The average Bonchev–Trinajstić information content (AvgIpc) is 2.52. The van der Waals surface area contributed by atoms with Crippen molar-refractivity contribution >= 4 is 27.5 Å². The van der Waals surface area contributed by atoms with Crippen molar-refractivity contribution in [3.63, 3.8) is 0 Å². The van der Waals surface area contributed by atoms with Crippen molar-refractivity contribution in [2.45, 2.75) is 19.4 Å². The second-order valence-corrected chi connectivity index (χ2v) is 5.57. The first-order valence-corrected chi connectivity index (χ1v) is 7.67. The molecule has 0 aliphatic heterocycles. The number of pyridine rings is 1. The second kappa shape index (κ2) is 7.78. The first-order chi connectivity index (χ1) is 10.2. The van der Waals surface area contributed by atoms with Crippen LogP contribution in [0.5, 0.6) is 0 Å². The van der Waals surface area contributed by atoms with E-state index in [9.17, 15) is 4.79 Å². The van der Waals surface area contributed by atoms with Crippen molar-refractivity contribution in [2.75, 3.05) is 11.9 Å². The van der Waals surface area contributed by atoms with Gasteiger partial charge >= 0.3 is 0 Å². The van der Waals surface area contributed by atoms with Crippen molar-refractivity contribution in [3.05, 3.63) is 58.8 Å². The van der Waals surface area contributed by atoms with Crippen LogP contribution in [0.15, 0.2) is 53.3 Å². The van der Waals surface area contributed by atoms with E-state index in [-0.39, 0.29) is 11.9 Å². The summed E-state index contributed by atoms with van der Waals surface area (Å²) in [5.41, 5.74) is 2.03. The second-order valence-electron chi connectivity index (χ2n) is 4.66. The van der Waals surface area contributed by atoms with E-state index in [0.717, 1.165) is 15.7 Å². The van der Waals surface area contributed by atoms with Crippen LogP contribution in [-0.4, -0.2) is 17.4 Å². The smallest absolute Gasteiger partial charge is 0.219 e.